The number of likely N-dealkylation sites (tertiary alicyclic amines) is 2. The van der Waals surface area contributed by atoms with Crippen LogP contribution in [0.1, 0.15) is 90.2 Å². The zero-order chi connectivity index (χ0) is 31.7. The highest BCUT2D eigenvalue weighted by atomic mass is 16.4. The number of benzene rings is 1. The van der Waals surface area contributed by atoms with E-state index in [1.807, 2.05) is 11.2 Å². The fraction of sp³-hybridized carbons (Fsp3) is 0.611. The van der Waals surface area contributed by atoms with Crippen LogP contribution in [0.3, 0.4) is 0 Å². The summed E-state index contributed by atoms with van der Waals surface area (Å²) in [6.45, 7) is 9.63. The zero-order valence-corrected chi connectivity index (χ0v) is 27.4. The summed E-state index contributed by atoms with van der Waals surface area (Å²) in [6, 6.07) is 9.52. The van der Waals surface area contributed by atoms with Gasteiger partial charge in [-0.3, -0.25) is 14.5 Å². The molecule has 2 aromatic heterocycles. The number of imidazole rings is 1. The number of nitrogens with one attached hydrogen (secondary N) is 1. The van der Waals surface area contributed by atoms with Crippen LogP contribution in [-0.2, 0) is 15.0 Å². The number of carbonyl (C=O) groups excluding carboxylic acids is 1. The van der Waals surface area contributed by atoms with Gasteiger partial charge in [-0.05, 0) is 103 Å². The minimum Gasteiger partial charge on any atom is -0.480 e. The predicted molar refractivity (Wildman–Crippen MR) is 179 cm³/mol. The summed E-state index contributed by atoms with van der Waals surface area (Å²) < 4.78 is 2.19. The highest BCUT2D eigenvalue weighted by Gasteiger charge is 2.56. The second kappa shape index (κ2) is 11.3. The number of aromatic nitrogens is 3. The molecule has 8 rings (SSSR count). The molecule has 3 aromatic rings. The molecule has 2 saturated heterocycles. The van der Waals surface area contributed by atoms with Gasteiger partial charge in [0, 0.05) is 48.5 Å². The van der Waals surface area contributed by atoms with Gasteiger partial charge in [0.25, 0.3) is 0 Å². The van der Waals surface area contributed by atoms with Gasteiger partial charge in [0.1, 0.15) is 11.6 Å². The van der Waals surface area contributed by atoms with E-state index in [0.29, 0.717) is 38.0 Å². The molecule has 5 heterocycles. The fourth-order valence-corrected chi connectivity index (χ4v) is 8.52. The molecule has 1 unspecified atom stereocenters. The Balaban J connectivity index is 1.16. The first-order chi connectivity index (χ1) is 22.2. The van der Waals surface area contributed by atoms with Crippen molar-refractivity contribution in [2.24, 2.45) is 0 Å². The maximum atomic E-state index is 14.7. The third kappa shape index (κ3) is 4.91. The number of anilines is 2. The maximum absolute atomic E-state index is 14.7. The first kappa shape index (κ1) is 29.9. The number of carbonyl (C=O) groups is 2. The van der Waals surface area contributed by atoms with Crippen molar-refractivity contribution in [1.29, 1.82) is 0 Å². The molecule has 1 spiro atoms. The summed E-state index contributed by atoms with van der Waals surface area (Å²) in [5.41, 5.74) is 5.36. The lowest BCUT2D eigenvalue weighted by molar-refractivity contribution is -0.143. The topological polar surface area (TPSA) is 107 Å². The number of pyridine rings is 1. The van der Waals surface area contributed by atoms with Gasteiger partial charge < -0.3 is 24.8 Å². The lowest BCUT2D eigenvalue weighted by Crippen LogP contribution is -2.58. The molecule has 4 fully saturated rings. The van der Waals surface area contributed by atoms with Gasteiger partial charge in [-0.25, -0.2) is 9.97 Å². The van der Waals surface area contributed by atoms with E-state index >= 15 is 0 Å². The first-order valence-electron chi connectivity index (χ1n) is 17.6. The normalized spacial score (nSPS) is 25.7. The van der Waals surface area contributed by atoms with E-state index in [4.69, 9.17) is 9.97 Å². The second-order valence-electron chi connectivity index (χ2n) is 14.8. The van der Waals surface area contributed by atoms with Crippen molar-refractivity contribution < 1.29 is 14.7 Å². The number of piperidine rings is 2. The monoisotopic (exact) mass is 625 g/mol. The fourth-order valence-electron chi connectivity index (χ4n) is 8.52. The van der Waals surface area contributed by atoms with Gasteiger partial charge in [-0.2, -0.15) is 0 Å². The molecule has 10 heteroatoms. The van der Waals surface area contributed by atoms with E-state index in [9.17, 15) is 14.7 Å². The summed E-state index contributed by atoms with van der Waals surface area (Å²) in [6.07, 6.45) is 11.4. The molecular formula is C36H47N7O3. The molecule has 10 nitrogen and oxygen atoms in total. The van der Waals surface area contributed by atoms with Crippen LogP contribution in [0.4, 0.5) is 11.5 Å². The number of amides is 1. The Morgan fingerprint density at radius 2 is 1.74 bits per heavy atom. The van der Waals surface area contributed by atoms with E-state index in [0.717, 1.165) is 65.0 Å². The van der Waals surface area contributed by atoms with Crippen LogP contribution >= 0.6 is 0 Å². The molecule has 2 aliphatic carbocycles. The number of nitrogens with zero attached hydrogens (tertiary/aromatic N) is 6. The number of carboxylic acids is 1. The van der Waals surface area contributed by atoms with Gasteiger partial charge in [-0.1, -0.05) is 18.6 Å². The Kier molecular flexibility index (Phi) is 7.36. The molecule has 1 amide bonds. The molecule has 46 heavy (non-hydrogen) atoms. The molecule has 5 aliphatic rings. The Morgan fingerprint density at radius 1 is 1.00 bits per heavy atom. The van der Waals surface area contributed by atoms with E-state index in [2.05, 4.69) is 57.8 Å². The van der Waals surface area contributed by atoms with Crippen LogP contribution in [0.25, 0.3) is 22.3 Å². The molecule has 244 valence electrons. The lowest BCUT2D eigenvalue weighted by atomic mass is 9.73. The van der Waals surface area contributed by atoms with Gasteiger partial charge >= 0.3 is 5.97 Å². The average Bonchev–Trinajstić information content (AvgIpc) is 3.70. The van der Waals surface area contributed by atoms with Crippen molar-refractivity contribution in [2.75, 3.05) is 36.4 Å². The van der Waals surface area contributed by atoms with Gasteiger partial charge in [0.2, 0.25) is 5.91 Å². The Hall–Kier alpha value is -3.50. The van der Waals surface area contributed by atoms with Crippen LogP contribution in [0, 0.1) is 0 Å². The van der Waals surface area contributed by atoms with Crippen LogP contribution in [-0.4, -0.2) is 91.7 Å². The van der Waals surface area contributed by atoms with Crippen molar-refractivity contribution in [1.82, 2.24) is 24.3 Å². The van der Waals surface area contributed by atoms with Crippen LogP contribution < -0.4 is 10.2 Å². The first-order valence-corrected chi connectivity index (χ1v) is 17.6. The minimum atomic E-state index is -0.808. The standard InChI is InChI=1S/C36H47N7O3/c1-22(2)42-21-37-30-20-29(39-33(32(30)42)38-25-8-9-25)24-7-10-28-31(17-24)43(27-18-26(19-27)41-13-5-4-6-14-41)35(46)36(28)11-15-40(16-12-36)23(3)34(44)45/h7,10,17,20-23,25-27H,4-6,8-9,11-16,18-19H2,1-3H3,(H,38,39)(H,44,45). The summed E-state index contributed by atoms with van der Waals surface area (Å²) in [5, 5.41) is 13.3. The van der Waals surface area contributed by atoms with Crippen molar-refractivity contribution >= 4 is 34.4 Å². The predicted octanol–water partition coefficient (Wildman–Crippen LogP) is 5.42. The molecule has 0 bridgehead atoms. The van der Waals surface area contributed by atoms with Crippen molar-refractivity contribution in [2.45, 2.75) is 114 Å². The van der Waals surface area contributed by atoms with Crippen LogP contribution in [0.2, 0.25) is 0 Å². The number of carboxylic acid groups (broad SMARTS) is 1. The molecular weight excluding hydrogens is 578 g/mol. The lowest BCUT2D eigenvalue weighted by Gasteiger charge is -2.48. The highest BCUT2D eigenvalue weighted by Crippen LogP contribution is 2.52. The molecule has 2 saturated carbocycles. The SMILES string of the molecule is CC(C(=O)O)N1CCC2(CC1)C(=O)N(C1CC(N3CCCCC3)C1)c1cc(-c3cc4ncn(C(C)C)c4c(NC4CC4)n3)ccc12. The van der Waals surface area contributed by atoms with Gasteiger partial charge in [-0.15, -0.1) is 0 Å². The Morgan fingerprint density at radius 3 is 2.41 bits per heavy atom. The summed E-state index contributed by atoms with van der Waals surface area (Å²) in [7, 11) is 0. The number of rotatable bonds is 8. The van der Waals surface area contributed by atoms with Gasteiger partial charge in [0.05, 0.1) is 23.0 Å². The van der Waals surface area contributed by atoms with E-state index in [1.54, 1.807) is 6.92 Å². The van der Waals surface area contributed by atoms with Gasteiger partial charge in [0.15, 0.2) is 5.82 Å². The largest absolute Gasteiger partial charge is 0.480 e. The Labute approximate surface area is 271 Å². The number of hydrogen-bond donors (Lipinski definition) is 2. The molecule has 3 aliphatic heterocycles. The van der Waals surface area contributed by atoms with E-state index < -0.39 is 17.4 Å². The third-order valence-electron chi connectivity index (χ3n) is 11.6. The molecule has 1 aromatic carbocycles. The molecule has 2 N–H and O–H groups in total. The highest BCUT2D eigenvalue weighted by molar-refractivity contribution is 6.09. The molecule has 0 radical (unpaired) electrons. The average molecular weight is 626 g/mol. The quantitative estimate of drug-likeness (QED) is 0.342. The van der Waals surface area contributed by atoms with Crippen LogP contribution in [0.5, 0.6) is 0 Å². The number of fused-ring (bicyclic) bond motifs is 3. The van der Waals surface area contributed by atoms with Crippen molar-refractivity contribution in [3.63, 3.8) is 0 Å². The second-order valence-corrected chi connectivity index (χ2v) is 14.8. The van der Waals surface area contributed by atoms with E-state index in [-0.39, 0.29) is 18.0 Å². The summed E-state index contributed by atoms with van der Waals surface area (Å²) in [5.74, 6) is 0.283. The Bertz CT molecular complexity index is 1660. The molecule has 1 atom stereocenters. The summed E-state index contributed by atoms with van der Waals surface area (Å²) >= 11 is 0. The smallest absolute Gasteiger partial charge is 0.320 e. The number of hydrogen-bond acceptors (Lipinski definition) is 7. The van der Waals surface area contributed by atoms with E-state index in [1.165, 1.54) is 32.4 Å². The van der Waals surface area contributed by atoms with Crippen molar-refractivity contribution in [3.05, 3.63) is 36.2 Å². The third-order valence-corrected chi connectivity index (χ3v) is 11.6. The maximum Gasteiger partial charge on any atom is 0.320 e. The summed E-state index contributed by atoms with van der Waals surface area (Å²) in [4.78, 5) is 43.2. The van der Waals surface area contributed by atoms with Crippen molar-refractivity contribution in [3.8, 4) is 11.3 Å². The minimum absolute atomic E-state index is 0.188. The number of aliphatic carboxylic acids is 1. The zero-order valence-electron chi connectivity index (χ0n) is 27.4. The van der Waals surface area contributed by atoms with Crippen LogP contribution in [0.15, 0.2) is 30.6 Å².